The van der Waals surface area contributed by atoms with E-state index in [0.29, 0.717) is 5.92 Å². The van der Waals surface area contributed by atoms with Crippen LogP contribution in [0.4, 0.5) is 0 Å². The zero-order chi connectivity index (χ0) is 17.2. The van der Waals surface area contributed by atoms with Crippen molar-refractivity contribution in [1.82, 2.24) is 10.3 Å². The van der Waals surface area contributed by atoms with Crippen LogP contribution in [0.25, 0.3) is 10.9 Å². The highest BCUT2D eigenvalue weighted by atomic mass is 16.5. The highest BCUT2D eigenvalue weighted by molar-refractivity contribution is 5.85. The van der Waals surface area contributed by atoms with Crippen LogP contribution in [0.2, 0.25) is 0 Å². The number of hydrogen-bond donors (Lipinski definition) is 2. The van der Waals surface area contributed by atoms with Gasteiger partial charge in [0.05, 0.1) is 12.6 Å². The molecule has 0 fully saturated rings. The van der Waals surface area contributed by atoms with Gasteiger partial charge in [0.15, 0.2) is 0 Å². The molecular weight excluding hydrogens is 308 g/mol. The Labute approximate surface area is 149 Å². The highest BCUT2D eigenvalue weighted by Crippen LogP contribution is 2.34. The maximum atomic E-state index is 5.96. The molecule has 0 radical (unpaired) electrons. The van der Waals surface area contributed by atoms with Gasteiger partial charge in [-0.3, -0.25) is 0 Å². The average molecular weight is 334 g/mol. The van der Waals surface area contributed by atoms with E-state index < -0.39 is 0 Å². The largest absolute Gasteiger partial charge is 0.494 e. The molecule has 1 aliphatic rings. The summed E-state index contributed by atoms with van der Waals surface area (Å²) in [5.41, 5.74) is 5.23. The third-order valence-electron chi connectivity index (χ3n) is 5.01. The summed E-state index contributed by atoms with van der Waals surface area (Å²) < 4.78 is 5.96. The molecule has 0 bridgehead atoms. The van der Waals surface area contributed by atoms with E-state index in [9.17, 15) is 0 Å². The van der Waals surface area contributed by atoms with E-state index in [2.05, 4.69) is 72.7 Å². The summed E-state index contributed by atoms with van der Waals surface area (Å²) in [6.07, 6.45) is 2.15. The van der Waals surface area contributed by atoms with Gasteiger partial charge < -0.3 is 15.0 Å². The van der Waals surface area contributed by atoms with E-state index in [1.165, 1.54) is 27.7 Å². The lowest BCUT2D eigenvalue weighted by Gasteiger charge is -2.25. The first-order valence-corrected chi connectivity index (χ1v) is 9.28. The lowest BCUT2D eigenvalue weighted by atomic mass is 9.94. The minimum atomic E-state index is 0.199. The molecule has 130 valence electrons. The molecule has 4 rings (SSSR count). The van der Waals surface area contributed by atoms with Gasteiger partial charge >= 0.3 is 0 Å². The molecule has 25 heavy (non-hydrogen) atoms. The van der Waals surface area contributed by atoms with Crippen LogP contribution in [0.15, 0.2) is 48.5 Å². The molecule has 3 aromatic rings. The van der Waals surface area contributed by atoms with Gasteiger partial charge in [-0.1, -0.05) is 44.2 Å². The van der Waals surface area contributed by atoms with Crippen LogP contribution in [-0.2, 0) is 6.42 Å². The summed E-state index contributed by atoms with van der Waals surface area (Å²) >= 11 is 0. The number of benzene rings is 2. The van der Waals surface area contributed by atoms with Gasteiger partial charge in [-0.05, 0) is 48.1 Å². The van der Waals surface area contributed by atoms with Crippen LogP contribution < -0.4 is 10.1 Å². The fourth-order valence-electron chi connectivity index (χ4n) is 3.66. The van der Waals surface area contributed by atoms with Crippen molar-refractivity contribution in [3.63, 3.8) is 0 Å². The summed E-state index contributed by atoms with van der Waals surface area (Å²) in [6, 6.07) is 17.3. The molecule has 3 nitrogen and oxygen atoms in total. The lowest BCUT2D eigenvalue weighted by Crippen LogP contribution is -2.30. The van der Waals surface area contributed by atoms with Gasteiger partial charge in [0.1, 0.15) is 5.75 Å². The van der Waals surface area contributed by atoms with E-state index in [-0.39, 0.29) is 6.04 Å². The third-order valence-corrected chi connectivity index (χ3v) is 5.01. The minimum absolute atomic E-state index is 0.199. The minimum Gasteiger partial charge on any atom is -0.494 e. The second kappa shape index (κ2) is 6.93. The van der Waals surface area contributed by atoms with Crippen molar-refractivity contribution in [3.05, 3.63) is 65.4 Å². The van der Waals surface area contributed by atoms with E-state index in [0.717, 1.165) is 31.7 Å². The maximum Gasteiger partial charge on any atom is 0.119 e. The van der Waals surface area contributed by atoms with Crippen molar-refractivity contribution in [1.29, 1.82) is 0 Å². The molecule has 2 aromatic carbocycles. The molecule has 1 unspecified atom stereocenters. The van der Waals surface area contributed by atoms with Crippen LogP contribution in [-0.4, -0.2) is 18.1 Å². The lowest BCUT2D eigenvalue weighted by molar-refractivity contribution is 0.289. The van der Waals surface area contributed by atoms with Gasteiger partial charge in [0.25, 0.3) is 0 Å². The quantitative estimate of drug-likeness (QED) is 0.701. The third kappa shape index (κ3) is 3.29. The van der Waals surface area contributed by atoms with Crippen molar-refractivity contribution >= 4 is 10.9 Å². The molecule has 0 saturated carbocycles. The predicted octanol–water partition coefficient (Wildman–Crippen LogP) is 4.83. The molecule has 1 aliphatic heterocycles. The number of H-pyrrole nitrogens is 1. The SMILES string of the molecule is CC(C)CCOc1cccc(C2NCCc3c2[nH]c2ccccc32)c1. The van der Waals surface area contributed by atoms with Crippen molar-refractivity contribution in [3.8, 4) is 5.75 Å². The van der Waals surface area contributed by atoms with Gasteiger partial charge in [-0.15, -0.1) is 0 Å². The van der Waals surface area contributed by atoms with Gasteiger partial charge in [0, 0.05) is 23.1 Å². The fourth-order valence-corrected chi connectivity index (χ4v) is 3.66. The van der Waals surface area contributed by atoms with E-state index in [1.807, 2.05) is 0 Å². The zero-order valence-corrected chi connectivity index (χ0v) is 15.0. The molecule has 2 N–H and O–H groups in total. The molecule has 0 amide bonds. The Hall–Kier alpha value is -2.26. The van der Waals surface area contributed by atoms with Crippen molar-refractivity contribution in [2.75, 3.05) is 13.2 Å². The molecule has 2 heterocycles. The molecule has 0 aliphatic carbocycles. The number of hydrogen-bond acceptors (Lipinski definition) is 2. The van der Waals surface area contributed by atoms with Crippen molar-refractivity contribution < 1.29 is 4.74 Å². The number of ether oxygens (including phenoxy) is 1. The second-order valence-electron chi connectivity index (χ2n) is 7.30. The topological polar surface area (TPSA) is 37.0 Å². The second-order valence-corrected chi connectivity index (χ2v) is 7.30. The first-order valence-electron chi connectivity index (χ1n) is 9.28. The van der Waals surface area contributed by atoms with E-state index in [1.54, 1.807) is 0 Å². The summed E-state index contributed by atoms with van der Waals surface area (Å²) in [5, 5.41) is 5.02. The normalized spacial score (nSPS) is 17.0. The number of aromatic amines is 1. The van der Waals surface area contributed by atoms with Gasteiger partial charge in [-0.25, -0.2) is 0 Å². The van der Waals surface area contributed by atoms with Gasteiger partial charge in [-0.2, -0.15) is 0 Å². The molecule has 1 aromatic heterocycles. The van der Waals surface area contributed by atoms with E-state index in [4.69, 9.17) is 4.74 Å². The number of aromatic nitrogens is 1. The summed E-state index contributed by atoms with van der Waals surface area (Å²) in [5.74, 6) is 1.63. The Kier molecular flexibility index (Phi) is 4.50. The number of nitrogens with one attached hydrogen (secondary N) is 2. The van der Waals surface area contributed by atoms with Crippen LogP contribution in [0.5, 0.6) is 5.75 Å². The Morgan fingerprint density at radius 1 is 1.12 bits per heavy atom. The summed E-state index contributed by atoms with van der Waals surface area (Å²) in [4.78, 5) is 3.64. The summed E-state index contributed by atoms with van der Waals surface area (Å²) in [7, 11) is 0. The molecule has 1 atom stereocenters. The zero-order valence-electron chi connectivity index (χ0n) is 15.0. The van der Waals surface area contributed by atoms with Crippen LogP contribution in [0.3, 0.4) is 0 Å². The Bertz CT molecular complexity index is 865. The first-order chi connectivity index (χ1) is 12.2. The molecule has 3 heteroatoms. The average Bonchev–Trinajstić information content (AvgIpc) is 3.00. The summed E-state index contributed by atoms with van der Waals surface area (Å²) in [6.45, 7) is 6.22. The Morgan fingerprint density at radius 2 is 2.00 bits per heavy atom. The standard InChI is InChI=1S/C22H26N2O/c1-15(2)11-13-25-17-7-5-6-16(14-17)21-22-19(10-12-23-21)18-8-3-4-9-20(18)24-22/h3-9,14-15,21,23-24H,10-13H2,1-2H3. The van der Waals surface area contributed by atoms with Crippen molar-refractivity contribution in [2.45, 2.75) is 32.7 Å². The first kappa shape index (κ1) is 16.2. The fraction of sp³-hybridized carbons (Fsp3) is 0.364. The molecule has 0 saturated heterocycles. The van der Waals surface area contributed by atoms with Crippen LogP contribution in [0, 0.1) is 5.92 Å². The Balaban J connectivity index is 1.63. The molecular formula is C22H26N2O. The monoisotopic (exact) mass is 334 g/mol. The van der Waals surface area contributed by atoms with Crippen LogP contribution >= 0.6 is 0 Å². The maximum absolute atomic E-state index is 5.96. The molecule has 0 spiro atoms. The Morgan fingerprint density at radius 3 is 2.88 bits per heavy atom. The predicted molar refractivity (Wildman–Crippen MR) is 103 cm³/mol. The van der Waals surface area contributed by atoms with Crippen molar-refractivity contribution in [2.24, 2.45) is 5.92 Å². The number of fused-ring (bicyclic) bond motifs is 3. The van der Waals surface area contributed by atoms with Crippen LogP contribution in [0.1, 0.15) is 43.1 Å². The van der Waals surface area contributed by atoms with E-state index >= 15 is 0 Å². The van der Waals surface area contributed by atoms with Gasteiger partial charge in [0.2, 0.25) is 0 Å². The highest BCUT2D eigenvalue weighted by Gasteiger charge is 2.25. The number of para-hydroxylation sites is 1. The smallest absolute Gasteiger partial charge is 0.119 e. The number of rotatable bonds is 5.